The fourth-order valence-corrected chi connectivity index (χ4v) is 4.21. The maximum Gasteiger partial charge on any atom is 0.308 e. The highest BCUT2D eigenvalue weighted by molar-refractivity contribution is 14.1. The second-order valence-electron chi connectivity index (χ2n) is 8.85. The van der Waals surface area contributed by atoms with Crippen LogP contribution in [-0.2, 0) is 24.4 Å². The number of morpholine rings is 1. The van der Waals surface area contributed by atoms with Gasteiger partial charge in [-0.2, -0.15) is 8.42 Å². The number of rotatable bonds is 12. The number of halogens is 1. The van der Waals surface area contributed by atoms with Crippen LogP contribution in [0.1, 0.15) is 64.4 Å². The van der Waals surface area contributed by atoms with E-state index in [1.165, 1.54) is 25.0 Å². The summed E-state index contributed by atoms with van der Waals surface area (Å²) in [6.07, 6.45) is 7.71. The van der Waals surface area contributed by atoms with E-state index in [0.717, 1.165) is 63.9 Å². The molecule has 1 saturated heterocycles. The first-order valence-corrected chi connectivity index (χ1v) is 14.8. The minimum atomic E-state index is -4.02. The van der Waals surface area contributed by atoms with Crippen molar-refractivity contribution in [2.45, 2.75) is 76.7 Å². The number of hydrogen-bond acceptors (Lipinski definition) is 6. The Morgan fingerprint density at radius 3 is 2.60 bits per heavy atom. The van der Waals surface area contributed by atoms with E-state index in [4.69, 9.17) is 14.0 Å². The summed E-state index contributed by atoms with van der Waals surface area (Å²) >= 11 is 2.08. The highest BCUT2D eigenvalue weighted by Crippen LogP contribution is 2.16. The topological polar surface area (TPSA) is 93.1 Å². The van der Waals surface area contributed by atoms with E-state index < -0.39 is 10.1 Å². The van der Waals surface area contributed by atoms with Gasteiger partial charge in [0.05, 0.1) is 36.7 Å². The zero-order valence-electron chi connectivity index (χ0n) is 21.2. The predicted octanol–water partition coefficient (Wildman–Crippen LogP) is 5.25. The van der Waals surface area contributed by atoms with Gasteiger partial charge in [0, 0.05) is 35.7 Å². The lowest BCUT2D eigenvalue weighted by Gasteiger charge is -2.31. The summed E-state index contributed by atoms with van der Waals surface area (Å²) in [6, 6.07) is 5.99. The molecule has 2 unspecified atom stereocenters. The van der Waals surface area contributed by atoms with Gasteiger partial charge in [0.2, 0.25) is 0 Å². The van der Waals surface area contributed by atoms with E-state index in [2.05, 4.69) is 44.3 Å². The molecule has 1 aromatic rings. The Labute approximate surface area is 225 Å². The molecule has 1 aromatic carbocycles. The number of carbonyl (C=O) groups excluding carboxylic acids is 1. The van der Waals surface area contributed by atoms with Crippen LogP contribution in [-0.4, -0.2) is 62.8 Å². The third-order valence-electron chi connectivity index (χ3n) is 5.72. The van der Waals surface area contributed by atoms with Crippen LogP contribution < -0.4 is 0 Å². The molecule has 1 fully saturated rings. The normalized spacial score (nSPS) is 16.9. The van der Waals surface area contributed by atoms with Crippen molar-refractivity contribution in [3.63, 3.8) is 0 Å². The number of ether oxygens (including phenoxy) is 2. The zero-order valence-corrected chi connectivity index (χ0v) is 24.1. The quantitative estimate of drug-likeness (QED) is 0.112. The molecule has 0 bridgehead atoms. The van der Waals surface area contributed by atoms with Crippen molar-refractivity contribution in [1.82, 2.24) is 4.90 Å². The number of nitrogens with zero attached hydrogens (tertiary/aromatic N) is 1. The minimum absolute atomic E-state index is 0.0132. The van der Waals surface area contributed by atoms with Crippen molar-refractivity contribution in [2.75, 3.05) is 32.8 Å². The van der Waals surface area contributed by atoms with Gasteiger partial charge in [-0.1, -0.05) is 56.7 Å². The van der Waals surface area contributed by atoms with E-state index in [0.29, 0.717) is 6.61 Å². The highest BCUT2D eigenvalue weighted by atomic mass is 127. The minimum Gasteiger partial charge on any atom is -0.465 e. The van der Waals surface area contributed by atoms with Crippen molar-refractivity contribution in [3.8, 4) is 9.85 Å². The van der Waals surface area contributed by atoms with Gasteiger partial charge >= 0.3 is 5.97 Å². The van der Waals surface area contributed by atoms with Gasteiger partial charge in [-0.15, -0.1) is 0 Å². The molecule has 7 nitrogen and oxygen atoms in total. The van der Waals surface area contributed by atoms with Crippen LogP contribution in [0.5, 0.6) is 0 Å². The van der Waals surface area contributed by atoms with Gasteiger partial charge < -0.3 is 9.47 Å². The average Bonchev–Trinajstić information content (AvgIpc) is 2.83. The van der Waals surface area contributed by atoms with Gasteiger partial charge in [-0.05, 0) is 48.7 Å². The fraction of sp³-hybridized carbons (Fsp3) is 0.654. The Morgan fingerprint density at radius 1 is 1.26 bits per heavy atom. The molecule has 198 valence electrons. The molecular weight excluding hydrogens is 581 g/mol. The van der Waals surface area contributed by atoms with Crippen molar-refractivity contribution >= 4 is 38.7 Å². The predicted molar refractivity (Wildman–Crippen MR) is 147 cm³/mol. The van der Waals surface area contributed by atoms with Crippen LogP contribution in [0.25, 0.3) is 0 Å². The summed E-state index contributed by atoms with van der Waals surface area (Å²) in [6.45, 7) is 10.1. The van der Waals surface area contributed by atoms with E-state index >= 15 is 0 Å². The van der Waals surface area contributed by atoms with Crippen LogP contribution in [0.2, 0.25) is 0 Å². The van der Waals surface area contributed by atoms with Crippen molar-refractivity contribution in [3.05, 3.63) is 29.8 Å². The zero-order chi connectivity index (χ0) is 26.1. The average molecular weight is 622 g/mol. The van der Waals surface area contributed by atoms with Crippen LogP contribution in [0.4, 0.5) is 0 Å². The molecule has 0 aromatic heterocycles. The number of hydrogen-bond donors (Lipinski definition) is 1. The van der Waals surface area contributed by atoms with Crippen LogP contribution in [0.3, 0.4) is 0 Å². The lowest BCUT2D eigenvalue weighted by atomic mass is 10.0. The van der Waals surface area contributed by atoms with Gasteiger partial charge in [0.15, 0.2) is 0 Å². The number of esters is 1. The van der Waals surface area contributed by atoms with E-state index in [9.17, 15) is 13.2 Å². The first kappa shape index (κ1) is 31.8. The Morgan fingerprint density at radius 2 is 1.97 bits per heavy atom. The third-order valence-corrected chi connectivity index (χ3v) is 6.97. The molecule has 35 heavy (non-hydrogen) atoms. The molecule has 0 amide bonds. The molecule has 0 radical (unpaired) electrons. The van der Waals surface area contributed by atoms with E-state index in [1.54, 1.807) is 12.1 Å². The molecular formula is C26H40INO6S. The molecule has 1 heterocycles. The molecule has 0 aliphatic carbocycles. The molecule has 0 spiro atoms. The van der Waals surface area contributed by atoms with Crippen molar-refractivity contribution < 1.29 is 27.2 Å². The highest BCUT2D eigenvalue weighted by Gasteiger charge is 2.21. The Balaban J connectivity index is 0.000000462. The van der Waals surface area contributed by atoms with E-state index in [-0.39, 0.29) is 22.9 Å². The largest absolute Gasteiger partial charge is 0.465 e. The number of unbranched alkanes of at least 4 members (excludes halogenated alkanes) is 3. The third kappa shape index (κ3) is 14.8. The molecule has 0 saturated carbocycles. The second kappa shape index (κ2) is 18.1. The van der Waals surface area contributed by atoms with Crippen LogP contribution in [0, 0.1) is 22.7 Å². The second-order valence-corrected chi connectivity index (χ2v) is 10.8. The van der Waals surface area contributed by atoms with Crippen LogP contribution in [0.15, 0.2) is 29.2 Å². The van der Waals surface area contributed by atoms with Crippen molar-refractivity contribution in [2.24, 2.45) is 5.92 Å². The lowest BCUT2D eigenvalue weighted by Crippen LogP contribution is -2.42. The van der Waals surface area contributed by atoms with Gasteiger partial charge in [0.25, 0.3) is 10.1 Å². The summed E-state index contributed by atoms with van der Waals surface area (Å²) in [7, 11) is -4.02. The summed E-state index contributed by atoms with van der Waals surface area (Å²) in [5.74, 6) is 3.05. The Hall–Kier alpha value is -1.19. The van der Waals surface area contributed by atoms with Gasteiger partial charge in [0.1, 0.15) is 0 Å². The van der Waals surface area contributed by atoms with E-state index in [1.807, 2.05) is 13.8 Å². The summed E-state index contributed by atoms with van der Waals surface area (Å²) < 4.78 is 43.7. The molecule has 2 atom stereocenters. The monoisotopic (exact) mass is 621 g/mol. The lowest BCUT2D eigenvalue weighted by molar-refractivity contribution is -0.148. The standard InChI is InChI=1S/C19H32INO3.C7H8O3S/c1-3-4-5-6-14-24-19(22)17(2)9-7-10-18-16-21(12-8-11-20)13-15-23-18;1-6-2-4-7(5-3-6)11(8,9)10/h17-18H,3-7,9-10,12-16H2,1-2H3;2-5H,1H3,(H,8,9,10). The molecule has 9 heteroatoms. The number of benzene rings is 1. The summed E-state index contributed by atoms with van der Waals surface area (Å²) in [4.78, 5) is 14.2. The maximum atomic E-state index is 12.0. The molecule has 2 rings (SSSR count). The summed E-state index contributed by atoms with van der Waals surface area (Å²) in [5.41, 5.74) is 0.956. The first-order chi connectivity index (χ1) is 16.7. The smallest absolute Gasteiger partial charge is 0.308 e. The Kier molecular flexibility index (Phi) is 16.5. The number of carbonyl (C=O) groups is 1. The molecule has 1 aliphatic rings. The SMILES string of the molecule is CCCCCCOC(=O)C(C)CCCC1CN(CC#CI)CCO1.Cc1ccc(S(=O)(=O)O)cc1. The van der Waals surface area contributed by atoms with Gasteiger partial charge in [-0.3, -0.25) is 14.2 Å². The summed E-state index contributed by atoms with van der Waals surface area (Å²) in [5, 5.41) is 0. The molecule has 1 N–H and O–H groups in total. The van der Waals surface area contributed by atoms with Crippen LogP contribution >= 0.6 is 22.6 Å². The first-order valence-electron chi connectivity index (χ1n) is 12.3. The maximum absolute atomic E-state index is 12.0. The number of aryl methyl sites for hydroxylation is 1. The van der Waals surface area contributed by atoms with Crippen molar-refractivity contribution in [1.29, 1.82) is 0 Å². The fourth-order valence-electron chi connectivity index (χ4n) is 3.56. The Bertz CT molecular complexity index is 895. The molecule has 1 aliphatic heterocycles. The van der Waals surface area contributed by atoms with Gasteiger partial charge in [-0.25, -0.2) is 0 Å².